The van der Waals surface area contributed by atoms with Gasteiger partial charge in [-0.3, -0.25) is 0 Å². The van der Waals surface area contributed by atoms with Crippen LogP contribution in [0.1, 0.15) is 13.3 Å². The van der Waals surface area contributed by atoms with Crippen LogP contribution in [0.15, 0.2) is 30.6 Å². The molecule has 0 saturated carbocycles. The molecular formula is C11H13ClN6. The molecule has 6 nitrogen and oxygen atoms in total. The predicted molar refractivity (Wildman–Crippen MR) is 69.9 cm³/mol. The highest BCUT2D eigenvalue weighted by molar-refractivity contribution is 6.28. The maximum absolute atomic E-state index is 5.85. The molecule has 0 aliphatic heterocycles. The van der Waals surface area contributed by atoms with Gasteiger partial charge in [-0.2, -0.15) is 20.1 Å². The van der Waals surface area contributed by atoms with Crippen LogP contribution in [0.4, 0.5) is 5.95 Å². The van der Waals surface area contributed by atoms with Gasteiger partial charge in [0.2, 0.25) is 11.2 Å². The monoisotopic (exact) mass is 264 g/mol. The number of rotatable bonds is 5. The molecule has 0 unspecified atom stereocenters. The van der Waals surface area contributed by atoms with Crippen molar-refractivity contribution >= 4 is 17.5 Å². The van der Waals surface area contributed by atoms with Crippen LogP contribution in [0.5, 0.6) is 0 Å². The maximum atomic E-state index is 5.85. The zero-order valence-corrected chi connectivity index (χ0v) is 10.7. The van der Waals surface area contributed by atoms with E-state index < -0.39 is 0 Å². The van der Waals surface area contributed by atoms with Gasteiger partial charge in [-0.05, 0) is 31.0 Å². The number of allylic oxidation sites excluding steroid dienone is 1. The van der Waals surface area contributed by atoms with Crippen LogP contribution in [0.3, 0.4) is 0 Å². The van der Waals surface area contributed by atoms with E-state index in [4.69, 9.17) is 11.6 Å². The molecule has 0 amide bonds. The van der Waals surface area contributed by atoms with Crippen LogP contribution in [0.25, 0.3) is 5.95 Å². The van der Waals surface area contributed by atoms with Gasteiger partial charge in [0.05, 0.1) is 0 Å². The molecule has 7 heteroatoms. The van der Waals surface area contributed by atoms with Crippen LogP contribution in [0, 0.1) is 0 Å². The van der Waals surface area contributed by atoms with Crippen molar-refractivity contribution in [3.05, 3.63) is 35.9 Å². The Labute approximate surface area is 110 Å². The Morgan fingerprint density at radius 1 is 1.39 bits per heavy atom. The summed E-state index contributed by atoms with van der Waals surface area (Å²) in [4.78, 5) is 12.3. The van der Waals surface area contributed by atoms with Crippen molar-refractivity contribution in [2.24, 2.45) is 0 Å². The summed E-state index contributed by atoms with van der Waals surface area (Å²) < 4.78 is 1.53. The third kappa shape index (κ3) is 3.27. The zero-order valence-electron chi connectivity index (χ0n) is 9.91. The maximum Gasteiger partial charge on any atom is 0.256 e. The normalized spacial score (nSPS) is 11.0. The van der Waals surface area contributed by atoms with Crippen LogP contribution < -0.4 is 5.32 Å². The summed E-state index contributed by atoms with van der Waals surface area (Å²) in [6.07, 6.45) is 8.35. The second kappa shape index (κ2) is 6.11. The van der Waals surface area contributed by atoms with Gasteiger partial charge < -0.3 is 5.32 Å². The van der Waals surface area contributed by atoms with E-state index in [0.29, 0.717) is 11.9 Å². The highest BCUT2D eigenvalue weighted by Gasteiger charge is 2.06. The van der Waals surface area contributed by atoms with E-state index in [-0.39, 0.29) is 5.28 Å². The van der Waals surface area contributed by atoms with E-state index in [1.807, 2.05) is 13.0 Å². The minimum absolute atomic E-state index is 0.143. The fourth-order valence-corrected chi connectivity index (χ4v) is 1.50. The quantitative estimate of drug-likeness (QED) is 0.662. The molecule has 18 heavy (non-hydrogen) atoms. The first-order valence-electron chi connectivity index (χ1n) is 5.56. The number of anilines is 1. The van der Waals surface area contributed by atoms with E-state index in [9.17, 15) is 0 Å². The average molecular weight is 265 g/mol. The molecule has 0 atom stereocenters. The topological polar surface area (TPSA) is 68.5 Å². The van der Waals surface area contributed by atoms with Crippen LogP contribution in [-0.2, 0) is 0 Å². The molecule has 1 N–H and O–H groups in total. The molecule has 0 aromatic carbocycles. The van der Waals surface area contributed by atoms with Crippen molar-refractivity contribution in [2.75, 3.05) is 11.9 Å². The summed E-state index contributed by atoms with van der Waals surface area (Å²) in [6.45, 7) is 2.72. The summed E-state index contributed by atoms with van der Waals surface area (Å²) in [6, 6.07) is 1.79. The first kappa shape index (κ1) is 12.5. The van der Waals surface area contributed by atoms with Crippen LogP contribution in [-0.4, -0.2) is 31.3 Å². The molecule has 0 bridgehead atoms. The molecule has 2 heterocycles. The average Bonchev–Trinajstić information content (AvgIpc) is 2.88. The van der Waals surface area contributed by atoms with E-state index in [1.165, 1.54) is 4.68 Å². The number of hydrogen-bond acceptors (Lipinski definition) is 5. The number of nitrogens with zero attached hydrogens (tertiary/aromatic N) is 5. The molecule has 0 aliphatic rings. The minimum atomic E-state index is 0.143. The van der Waals surface area contributed by atoms with Crippen molar-refractivity contribution in [3.8, 4) is 5.95 Å². The largest absolute Gasteiger partial charge is 0.354 e. The fraction of sp³-hybridized carbons (Fsp3) is 0.273. The fourth-order valence-electron chi connectivity index (χ4n) is 1.34. The summed E-state index contributed by atoms with van der Waals surface area (Å²) in [5.74, 6) is 0.846. The second-order valence-corrected chi connectivity index (χ2v) is 3.80. The Kier molecular flexibility index (Phi) is 4.25. The van der Waals surface area contributed by atoms with Gasteiger partial charge in [-0.15, -0.1) is 0 Å². The van der Waals surface area contributed by atoms with Gasteiger partial charge in [-0.25, -0.2) is 4.68 Å². The molecule has 0 aliphatic carbocycles. The van der Waals surface area contributed by atoms with E-state index >= 15 is 0 Å². The second-order valence-electron chi connectivity index (χ2n) is 3.46. The molecule has 2 aromatic heterocycles. The first-order valence-corrected chi connectivity index (χ1v) is 5.94. The van der Waals surface area contributed by atoms with Gasteiger partial charge in [-0.1, -0.05) is 12.2 Å². The number of nitrogens with one attached hydrogen (secondary N) is 1. The van der Waals surface area contributed by atoms with Gasteiger partial charge in [0, 0.05) is 18.9 Å². The van der Waals surface area contributed by atoms with E-state index in [2.05, 4.69) is 31.4 Å². The van der Waals surface area contributed by atoms with Gasteiger partial charge in [0.15, 0.2) is 0 Å². The van der Waals surface area contributed by atoms with Crippen molar-refractivity contribution in [2.45, 2.75) is 13.3 Å². The van der Waals surface area contributed by atoms with Crippen LogP contribution in [0.2, 0.25) is 5.28 Å². The Morgan fingerprint density at radius 2 is 2.28 bits per heavy atom. The standard InChI is InChI=1S/C11H13ClN6/c1-2-3-4-6-13-10-15-9(12)16-11(17-10)18-8-5-7-14-18/h2-3,5,7-8H,4,6H2,1H3,(H,13,15,16,17)/b3-2+. The van der Waals surface area contributed by atoms with Gasteiger partial charge in [0.25, 0.3) is 5.95 Å². The lowest BCUT2D eigenvalue weighted by Gasteiger charge is -2.05. The molecule has 0 spiro atoms. The summed E-state index contributed by atoms with van der Waals surface area (Å²) >= 11 is 5.85. The molecular weight excluding hydrogens is 252 g/mol. The van der Waals surface area contributed by atoms with E-state index in [0.717, 1.165) is 13.0 Å². The molecule has 0 fully saturated rings. The van der Waals surface area contributed by atoms with Gasteiger partial charge in [0.1, 0.15) is 0 Å². The summed E-state index contributed by atoms with van der Waals surface area (Å²) in [5, 5.41) is 7.27. The van der Waals surface area contributed by atoms with Crippen molar-refractivity contribution in [1.29, 1.82) is 0 Å². The van der Waals surface area contributed by atoms with E-state index in [1.54, 1.807) is 18.5 Å². The number of halogens is 1. The van der Waals surface area contributed by atoms with Gasteiger partial charge >= 0.3 is 0 Å². The molecule has 2 aromatic rings. The minimum Gasteiger partial charge on any atom is -0.354 e. The summed E-state index contributed by atoms with van der Waals surface area (Å²) in [5.41, 5.74) is 0. The number of aromatic nitrogens is 5. The Bertz CT molecular complexity index is 522. The highest BCUT2D eigenvalue weighted by Crippen LogP contribution is 2.08. The third-order valence-electron chi connectivity index (χ3n) is 2.14. The Morgan fingerprint density at radius 3 is 3.00 bits per heavy atom. The van der Waals surface area contributed by atoms with Crippen LogP contribution >= 0.6 is 11.6 Å². The highest BCUT2D eigenvalue weighted by atomic mass is 35.5. The lowest BCUT2D eigenvalue weighted by molar-refractivity contribution is 0.794. The molecule has 0 radical (unpaired) electrons. The molecule has 0 saturated heterocycles. The first-order chi connectivity index (χ1) is 8.79. The Hall–Kier alpha value is -1.95. The van der Waals surface area contributed by atoms with Crippen molar-refractivity contribution in [1.82, 2.24) is 24.7 Å². The van der Waals surface area contributed by atoms with Crippen molar-refractivity contribution < 1.29 is 0 Å². The third-order valence-corrected chi connectivity index (χ3v) is 2.30. The SMILES string of the molecule is C/C=C/CCNc1nc(Cl)nc(-n2cccn2)n1. The zero-order chi connectivity index (χ0) is 12.8. The predicted octanol–water partition coefficient (Wildman–Crippen LogP) is 2.09. The lowest BCUT2D eigenvalue weighted by atomic mass is 10.4. The molecule has 2 rings (SSSR count). The van der Waals surface area contributed by atoms with Crippen molar-refractivity contribution in [3.63, 3.8) is 0 Å². The number of hydrogen-bond donors (Lipinski definition) is 1. The molecule has 94 valence electrons. The lowest BCUT2D eigenvalue weighted by Crippen LogP contribution is -2.10. The smallest absolute Gasteiger partial charge is 0.256 e. The summed E-state index contributed by atoms with van der Waals surface area (Å²) in [7, 11) is 0. The Balaban J connectivity index is 2.12.